The zero-order valence-corrected chi connectivity index (χ0v) is 21.3. The largest absolute Gasteiger partial charge is 0.484 e. The summed E-state index contributed by atoms with van der Waals surface area (Å²) in [6.45, 7) is 1.88. The molecule has 8 heteroatoms. The molecule has 0 aromatic heterocycles. The lowest BCUT2D eigenvalue weighted by molar-refractivity contribution is -0.290. The summed E-state index contributed by atoms with van der Waals surface area (Å²) in [4.78, 5) is 0. The van der Waals surface area contributed by atoms with Gasteiger partial charge in [0.2, 0.25) is 0 Å². The molecule has 35 heavy (non-hydrogen) atoms. The molecule has 197 valence electrons. The monoisotopic (exact) mass is 519 g/mol. The lowest BCUT2D eigenvalue weighted by Crippen LogP contribution is -2.41. The van der Waals surface area contributed by atoms with Crippen molar-refractivity contribution in [1.29, 1.82) is 0 Å². The summed E-state index contributed by atoms with van der Waals surface area (Å²) in [6, 6.07) is 8.32. The van der Waals surface area contributed by atoms with Crippen LogP contribution in [0, 0.1) is 17.7 Å². The minimum atomic E-state index is -5.73. The molecule has 1 aromatic rings. The second kappa shape index (κ2) is 12.7. The molecule has 1 aliphatic carbocycles. The van der Waals surface area contributed by atoms with Gasteiger partial charge in [0.05, 0.1) is 0 Å². The van der Waals surface area contributed by atoms with Gasteiger partial charge in [-0.2, -0.15) is 22.0 Å². The van der Waals surface area contributed by atoms with Crippen molar-refractivity contribution in [1.82, 2.24) is 0 Å². The molecule has 0 N–H and O–H groups in total. The lowest BCUT2D eigenvalue weighted by atomic mass is 9.76. The van der Waals surface area contributed by atoms with Gasteiger partial charge >= 0.3 is 12.1 Å². The van der Waals surface area contributed by atoms with Gasteiger partial charge in [-0.25, -0.2) is 4.39 Å². The summed E-state index contributed by atoms with van der Waals surface area (Å²) < 4.78 is 81.7. The molecule has 0 spiro atoms. The third-order valence-electron chi connectivity index (χ3n) is 7.83. The van der Waals surface area contributed by atoms with E-state index in [2.05, 4.69) is 11.3 Å². The maximum absolute atomic E-state index is 14.3. The van der Waals surface area contributed by atoms with Crippen LogP contribution in [-0.4, -0.2) is 27.5 Å². The Kier molecular flexibility index (Phi) is 10.2. The zero-order chi connectivity index (χ0) is 25.5. The van der Waals surface area contributed by atoms with Crippen molar-refractivity contribution in [2.24, 2.45) is 11.8 Å². The Morgan fingerprint density at radius 3 is 2.14 bits per heavy atom. The molecule has 0 unspecified atom stereocenters. The van der Waals surface area contributed by atoms with E-state index in [1.807, 2.05) is 6.08 Å². The highest BCUT2D eigenvalue weighted by Crippen LogP contribution is 2.41. The van der Waals surface area contributed by atoms with Gasteiger partial charge in [0.1, 0.15) is 0 Å². The van der Waals surface area contributed by atoms with Crippen LogP contribution in [0.15, 0.2) is 30.9 Å². The van der Waals surface area contributed by atoms with E-state index in [4.69, 9.17) is 0 Å². The summed E-state index contributed by atoms with van der Waals surface area (Å²) in [5.41, 5.74) is 0.759. The van der Waals surface area contributed by atoms with Gasteiger partial charge < -0.3 is 4.74 Å². The molecule has 2 fully saturated rings. The molecule has 1 nitrogen and oxygen atoms in total. The van der Waals surface area contributed by atoms with Crippen LogP contribution in [0.1, 0.15) is 75.7 Å². The third kappa shape index (κ3) is 8.29. The summed E-state index contributed by atoms with van der Waals surface area (Å²) in [5.74, 6) is -4.76. The zero-order valence-electron chi connectivity index (χ0n) is 20.3. The van der Waals surface area contributed by atoms with Crippen molar-refractivity contribution in [3.05, 3.63) is 42.2 Å². The summed E-state index contributed by atoms with van der Waals surface area (Å²) >= 11 is 0. The fraction of sp³-hybridized carbons (Fsp3) is 0.704. The van der Waals surface area contributed by atoms with E-state index in [9.17, 15) is 26.3 Å². The second-order valence-electron chi connectivity index (χ2n) is 10.4. The molecule has 1 aliphatic heterocycles. The number of hydrogen-bond donors (Lipinski definition) is 0. The molecule has 0 atom stereocenters. The number of hydrogen-bond acceptors (Lipinski definition) is 1. The normalized spacial score (nSPS) is 22.8. The average molecular weight is 520 g/mol. The number of ether oxygens (including phenoxy) is 1. The molecular formula is C27H37F6OSi. The molecule has 1 radical (unpaired) electrons. The summed E-state index contributed by atoms with van der Waals surface area (Å²) in [5, 5.41) is 0. The highest BCUT2D eigenvalue weighted by atomic mass is 28.3. The van der Waals surface area contributed by atoms with E-state index >= 15 is 0 Å². The Bertz CT molecular complexity index is 795. The predicted molar refractivity (Wildman–Crippen MR) is 129 cm³/mol. The Hall–Kier alpha value is -1.44. The van der Waals surface area contributed by atoms with Crippen LogP contribution in [0.2, 0.25) is 18.1 Å². The van der Waals surface area contributed by atoms with Crippen molar-refractivity contribution in [3.8, 4) is 5.75 Å². The third-order valence-corrected chi connectivity index (χ3v) is 10.9. The van der Waals surface area contributed by atoms with Crippen LogP contribution >= 0.6 is 0 Å². The fourth-order valence-electron chi connectivity index (χ4n) is 5.52. The van der Waals surface area contributed by atoms with Crippen molar-refractivity contribution in [2.45, 2.75) is 100 Å². The van der Waals surface area contributed by atoms with Crippen LogP contribution in [0.3, 0.4) is 0 Å². The smallest absolute Gasteiger partial charge is 0.456 e. The van der Waals surface area contributed by atoms with Crippen molar-refractivity contribution in [2.75, 3.05) is 6.61 Å². The van der Waals surface area contributed by atoms with Crippen molar-refractivity contribution in [3.63, 3.8) is 0 Å². The Morgan fingerprint density at radius 1 is 0.943 bits per heavy atom. The number of unbranched alkanes of at least 4 members (excludes halogenated alkanes) is 1. The highest BCUT2D eigenvalue weighted by molar-refractivity contribution is 6.58. The summed E-state index contributed by atoms with van der Waals surface area (Å²) in [7, 11) is -0.131. The first-order valence-electron chi connectivity index (χ1n) is 12.9. The van der Waals surface area contributed by atoms with Crippen LogP contribution in [0.25, 0.3) is 0 Å². The lowest BCUT2D eigenvalue weighted by Gasteiger charge is -2.32. The molecule has 3 rings (SSSR count). The van der Waals surface area contributed by atoms with Crippen molar-refractivity contribution < 1.29 is 31.1 Å². The predicted octanol–water partition coefficient (Wildman–Crippen LogP) is 9.33. The van der Waals surface area contributed by atoms with Gasteiger partial charge in [-0.1, -0.05) is 62.4 Å². The standard InChI is InChI=1S/C27H37F6OSi/c1-2-3-4-15-35-16-13-21(14-17-35)6-5-20-7-9-22(10-8-20)23-11-12-25(24(28)18-23)34-19-26(29,30)27(31,32)33/h2,11-12,18,20-22H,1,3-10,13-17,19H2. The van der Waals surface area contributed by atoms with Gasteiger partial charge in [-0.15, -0.1) is 6.58 Å². The van der Waals surface area contributed by atoms with E-state index in [0.717, 1.165) is 43.6 Å². The molecule has 1 saturated heterocycles. The number of halogens is 6. The molecule has 1 aromatic carbocycles. The highest BCUT2D eigenvalue weighted by Gasteiger charge is 2.58. The van der Waals surface area contributed by atoms with Gasteiger partial charge in [-0.3, -0.25) is 0 Å². The van der Waals surface area contributed by atoms with Crippen LogP contribution in [0.4, 0.5) is 26.3 Å². The Balaban J connectivity index is 1.38. The van der Waals surface area contributed by atoms with Gasteiger partial charge in [0, 0.05) is 8.80 Å². The van der Waals surface area contributed by atoms with E-state index < -0.39 is 30.3 Å². The maximum atomic E-state index is 14.3. The second-order valence-corrected chi connectivity index (χ2v) is 13.4. The van der Waals surface area contributed by atoms with Gasteiger partial charge in [-0.05, 0) is 67.6 Å². The number of benzene rings is 1. The Morgan fingerprint density at radius 2 is 1.57 bits per heavy atom. The molecule has 0 amide bonds. The van der Waals surface area contributed by atoms with Gasteiger partial charge in [0.15, 0.2) is 18.2 Å². The summed E-state index contributed by atoms with van der Waals surface area (Å²) in [6.07, 6.45) is 8.15. The van der Waals surface area contributed by atoms with Crippen molar-refractivity contribution >= 4 is 8.80 Å². The first kappa shape index (κ1) is 28.1. The number of alkyl halides is 5. The number of allylic oxidation sites excluding steroid dienone is 1. The molecular weight excluding hydrogens is 482 g/mol. The first-order chi connectivity index (χ1) is 16.6. The van der Waals surface area contributed by atoms with E-state index in [-0.39, 0.29) is 14.7 Å². The Labute approximate surface area is 206 Å². The molecule has 0 bridgehead atoms. The number of rotatable bonds is 11. The van der Waals surface area contributed by atoms with Gasteiger partial charge in [0.25, 0.3) is 0 Å². The fourth-order valence-corrected chi connectivity index (χ4v) is 8.60. The van der Waals surface area contributed by atoms with E-state index in [0.29, 0.717) is 5.92 Å². The average Bonchev–Trinajstić information content (AvgIpc) is 2.82. The first-order valence-corrected chi connectivity index (χ1v) is 15.0. The maximum Gasteiger partial charge on any atom is 0.456 e. The topological polar surface area (TPSA) is 9.23 Å². The van der Waals surface area contributed by atoms with Crippen LogP contribution in [0.5, 0.6) is 5.75 Å². The van der Waals surface area contributed by atoms with E-state index in [1.54, 1.807) is 6.07 Å². The molecule has 1 saturated carbocycles. The van der Waals surface area contributed by atoms with Crippen LogP contribution in [-0.2, 0) is 0 Å². The van der Waals surface area contributed by atoms with Crippen LogP contribution < -0.4 is 4.74 Å². The quantitative estimate of drug-likeness (QED) is 0.122. The SMILES string of the molecule is C=CCCC[Si]1CCC(CCC2CCC(c3ccc(OCC(F)(F)C(F)(F)F)c(F)c3)CC2)CC1. The molecule has 2 aliphatic rings. The van der Waals surface area contributed by atoms with E-state index in [1.165, 1.54) is 62.4 Å². The molecule has 1 heterocycles. The minimum absolute atomic E-state index is 0.131. The minimum Gasteiger partial charge on any atom is -0.484 e.